The third kappa shape index (κ3) is 2.76. The number of carbonyl (C=O) groups is 1. The number of nitrogens with zero attached hydrogens (tertiary/aromatic N) is 3. The van der Waals surface area contributed by atoms with Crippen LogP contribution in [0.4, 0.5) is 0 Å². The lowest BCUT2D eigenvalue weighted by molar-refractivity contribution is -0.149. The van der Waals surface area contributed by atoms with E-state index in [4.69, 9.17) is 0 Å². The van der Waals surface area contributed by atoms with Gasteiger partial charge in [0, 0.05) is 57.6 Å². The predicted molar refractivity (Wildman–Crippen MR) is 86.9 cm³/mol. The van der Waals surface area contributed by atoms with Gasteiger partial charge in [0.2, 0.25) is 0 Å². The number of carboxylic acids is 1. The summed E-state index contributed by atoms with van der Waals surface area (Å²) in [6.07, 6.45) is 7.62. The van der Waals surface area contributed by atoms with Crippen LogP contribution in [0.15, 0.2) is 24.5 Å². The Labute approximate surface area is 137 Å². The first-order valence-corrected chi connectivity index (χ1v) is 8.73. The zero-order valence-electron chi connectivity index (χ0n) is 13.5. The normalized spacial score (nSPS) is 31.9. The van der Waals surface area contributed by atoms with Crippen LogP contribution in [0.3, 0.4) is 0 Å². The first-order valence-electron chi connectivity index (χ1n) is 8.73. The molecule has 1 N–H and O–H groups in total. The Kier molecular flexibility index (Phi) is 3.85. The second kappa shape index (κ2) is 5.87. The van der Waals surface area contributed by atoms with Gasteiger partial charge in [-0.15, -0.1) is 0 Å². The molecule has 0 spiro atoms. The molecule has 0 amide bonds. The molecule has 4 rings (SSSR count). The molecule has 1 aromatic heterocycles. The highest BCUT2D eigenvalue weighted by molar-refractivity contribution is 5.77. The summed E-state index contributed by atoms with van der Waals surface area (Å²) in [6.45, 7) is 5.20. The first kappa shape index (κ1) is 15.1. The van der Waals surface area contributed by atoms with E-state index >= 15 is 0 Å². The average Bonchev–Trinajstić information content (AvgIpc) is 2.98. The van der Waals surface area contributed by atoms with Gasteiger partial charge >= 0.3 is 5.97 Å². The summed E-state index contributed by atoms with van der Waals surface area (Å²) in [5, 5.41) is 9.92. The van der Waals surface area contributed by atoms with Crippen molar-refractivity contribution in [1.82, 2.24) is 14.8 Å². The highest BCUT2D eigenvalue weighted by Gasteiger charge is 2.57. The van der Waals surface area contributed by atoms with Crippen molar-refractivity contribution in [2.24, 2.45) is 17.3 Å². The number of hydrogen-bond acceptors (Lipinski definition) is 4. The van der Waals surface area contributed by atoms with E-state index in [9.17, 15) is 9.90 Å². The molecule has 0 aromatic carbocycles. The number of hydrogen-bond donors (Lipinski definition) is 1. The van der Waals surface area contributed by atoms with Gasteiger partial charge in [0.15, 0.2) is 0 Å². The lowest BCUT2D eigenvalue weighted by Gasteiger charge is -2.31. The summed E-state index contributed by atoms with van der Waals surface area (Å²) in [6, 6.07) is 4.04. The van der Waals surface area contributed by atoms with Crippen molar-refractivity contribution in [3.8, 4) is 0 Å². The van der Waals surface area contributed by atoms with E-state index in [1.807, 2.05) is 12.1 Å². The van der Waals surface area contributed by atoms with Gasteiger partial charge in [-0.2, -0.15) is 0 Å². The van der Waals surface area contributed by atoms with Gasteiger partial charge < -0.3 is 10.0 Å². The number of carboxylic acid groups (broad SMARTS) is 1. The monoisotopic (exact) mass is 315 g/mol. The maximum atomic E-state index is 12.1. The van der Waals surface area contributed by atoms with Gasteiger partial charge in [-0.25, -0.2) is 0 Å². The Hall–Kier alpha value is -1.46. The molecule has 124 valence electrons. The van der Waals surface area contributed by atoms with Crippen LogP contribution in [0.25, 0.3) is 0 Å². The minimum atomic E-state index is -0.601. The number of likely N-dealkylation sites (tertiary alicyclic amines) is 2. The first-order chi connectivity index (χ1) is 11.2. The van der Waals surface area contributed by atoms with Crippen molar-refractivity contribution in [1.29, 1.82) is 0 Å². The van der Waals surface area contributed by atoms with Gasteiger partial charge in [-0.05, 0) is 36.5 Å². The number of fused-ring (bicyclic) bond motifs is 1. The van der Waals surface area contributed by atoms with Crippen molar-refractivity contribution in [2.75, 3.05) is 32.7 Å². The molecule has 3 heterocycles. The zero-order valence-corrected chi connectivity index (χ0v) is 13.5. The smallest absolute Gasteiger partial charge is 0.312 e. The van der Waals surface area contributed by atoms with E-state index in [0.29, 0.717) is 6.54 Å². The lowest BCUT2D eigenvalue weighted by atomic mass is 9.81. The van der Waals surface area contributed by atoms with Crippen molar-refractivity contribution >= 4 is 5.97 Å². The van der Waals surface area contributed by atoms with Crippen molar-refractivity contribution in [3.63, 3.8) is 0 Å². The summed E-state index contributed by atoms with van der Waals surface area (Å²) in [7, 11) is 0. The molecule has 0 unspecified atom stereocenters. The Bertz CT molecular complexity index is 575. The van der Waals surface area contributed by atoms with Crippen LogP contribution < -0.4 is 0 Å². The van der Waals surface area contributed by atoms with Gasteiger partial charge in [0.1, 0.15) is 0 Å². The van der Waals surface area contributed by atoms with Crippen LogP contribution in [0.1, 0.15) is 24.8 Å². The SMILES string of the molecule is O=C(O)[C@]12CN(Cc3ccncc3)C[C@H]1CN(CC1CCC1)C2. The van der Waals surface area contributed by atoms with Gasteiger partial charge in [0.05, 0.1) is 5.41 Å². The quantitative estimate of drug-likeness (QED) is 0.896. The summed E-state index contributed by atoms with van der Waals surface area (Å²) in [4.78, 5) is 20.8. The number of aromatic nitrogens is 1. The molecular formula is C18H25N3O2. The molecule has 2 atom stereocenters. The molecule has 23 heavy (non-hydrogen) atoms. The molecule has 1 aliphatic carbocycles. The molecule has 0 radical (unpaired) electrons. The van der Waals surface area contributed by atoms with Crippen LogP contribution in [0.2, 0.25) is 0 Å². The van der Waals surface area contributed by atoms with E-state index < -0.39 is 11.4 Å². The Morgan fingerprint density at radius 2 is 1.91 bits per heavy atom. The molecule has 1 aromatic rings. The molecular weight excluding hydrogens is 290 g/mol. The van der Waals surface area contributed by atoms with Crippen LogP contribution in [0.5, 0.6) is 0 Å². The van der Waals surface area contributed by atoms with Crippen molar-refractivity contribution < 1.29 is 9.90 Å². The Balaban J connectivity index is 1.43. The minimum Gasteiger partial charge on any atom is -0.481 e. The summed E-state index contributed by atoms with van der Waals surface area (Å²) in [5.74, 6) is 0.477. The fraction of sp³-hybridized carbons (Fsp3) is 0.667. The van der Waals surface area contributed by atoms with Crippen molar-refractivity contribution in [2.45, 2.75) is 25.8 Å². The molecule has 2 aliphatic heterocycles. The van der Waals surface area contributed by atoms with Gasteiger partial charge in [-0.1, -0.05) is 6.42 Å². The van der Waals surface area contributed by atoms with E-state index in [2.05, 4.69) is 14.8 Å². The highest BCUT2D eigenvalue weighted by Crippen LogP contribution is 2.44. The molecule has 3 fully saturated rings. The predicted octanol–water partition coefficient (Wildman–Crippen LogP) is 1.70. The maximum Gasteiger partial charge on any atom is 0.312 e. The molecule has 5 nitrogen and oxygen atoms in total. The zero-order chi connectivity index (χ0) is 15.9. The largest absolute Gasteiger partial charge is 0.481 e. The Morgan fingerprint density at radius 1 is 1.22 bits per heavy atom. The third-order valence-electron chi connectivity index (χ3n) is 6.07. The topological polar surface area (TPSA) is 56.7 Å². The fourth-order valence-corrected chi connectivity index (χ4v) is 4.62. The van der Waals surface area contributed by atoms with Gasteiger partial charge in [-0.3, -0.25) is 14.7 Å². The van der Waals surface area contributed by atoms with E-state index in [-0.39, 0.29) is 5.92 Å². The highest BCUT2D eigenvalue weighted by atomic mass is 16.4. The summed E-state index contributed by atoms with van der Waals surface area (Å²) >= 11 is 0. The number of pyridine rings is 1. The van der Waals surface area contributed by atoms with Crippen LogP contribution in [-0.4, -0.2) is 58.6 Å². The van der Waals surface area contributed by atoms with Gasteiger partial charge in [0.25, 0.3) is 0 Å². The van der Waals surface area contributed by atoms with E-state index in [0.717, 1.165) is 38.6 Å². The molecule has 5 heteroatoms. The van der Waals surface area contributed by atoms with E-state index in [1.165, 1.54) is 24.8 Å². The average molecular weight is 315 g/mol. The Morgan fingerprint density at radius 3 is 2.52 bits per heavy atom. The molecule has 3 aliphatic rings. The molecule has 0 bridgehead atoms. The minimum absolute atomic E-state index is 0.266. The number of aliphatic carboxylic acids is 1. The second-order valence-corrected chi connectivity index (χ2v) is 7.67. The fourth-order valence-electron chi connectivity index (χ4n) is 4.62. The third-order valence-corrected chi connectivity index (χ3v) is 6.07. The van der Waals surface area contributed by atoms with E-state index in [1.54, 1.807) is 12.4 Å². The lowest BCUT2D eigenvalue weighted by Crippen LogP contribution is -2.41. The molecule has 1 saturated carbocycles. The van der Waals surface area contributed by atoms with Crippen molar-refractivity contribution in [3.05, 3.63) is 30.1 Å². The van der Waals surface area contributed by atoms with Crippen LogP contribution in [-0.2, 0) is 11.3 Å². The number of rotatable bonds is 5. The summed E-state index contributed by atoms with van der Waals surface area (Å²) < 4.78 is 0. The maximum absolute atomic E-state index is 12.1. The van der Waals surface area contributed by atoms with Crippen LogP contribution in [0, 0.1) is 17.3 Å². The summed E-state index contributed by atoms with van der Waals surface area (Å²) in [5.41, 5.74) is 0.656. The second-order valence-electron chi connectivity index (χ2n) is 7.67. The standard InChI is InChI=1S/C18H25N3O2/c22-17(23)18-12-20(8-14-2-1-3-14)10-16(18)11-21(13-18)9-15-4-6-19-7-5-15/h4-7,14,16H,1-3,8-13H2,(H,22,23)/t16-,18-/m1/s1. The molecule has 2 saturated heterocycles. The van der Waals surface area contributed by atoms with Crippen LogP contribution >= 0.6 is 0 Å².